The average molecular weight is 629 g/mol. The summed E-state index contributed by atoms with van der Waals surface area (Å²) in [6.07, 6.45) is -3.33. The Kier molecular flexibility index (Phi) is 7.34. The van der Waals surface area contributed by atoms with Crippen molar-refractivity contribution in [3.63, 3.8) is 0 Å². The summed E-state index contributed by atoms with van der Waals surface area (Å²) in [5.74, 6) is -7.90. The Morgan fingerprint density at radius 2 is 1.58 bits per heavy atom. The molecular formula is C34H33F5N2O4. The number of nitrogens with two attached hydrogens (primary N) is 1. The van der Waals surface area contributed by atoms with E-state index in [2.05, 4.69) is 5.32 Å². The van der Waals surface area contributed by atoms with Crippen molar-refractivity contribution in [2.45, 2.75) is 75.5 Å². The molecule has 0 bridgehead atoms. The third-order valence-electron chi connectivity index (χ3n) is 10.8. The molecule has 5 atom stereocenters. The molecular weight excluding hydrogens is 595 g/mol. The number of amides is 2. The van der Waals surface area contributed by atoms with Crippen molar-refractivity contribution in [2.24, 2.45) is 23.0 Å². The van der Waals surface area contributed by atoms with Crippen molar-refractivity contribution in [3.8, 4) is 0 Å². The molecule has 0 radical (unpaired) electrons. The summed E-state index contributed by atoms with van der Waals surface area (Å²) in [6.45, 7) is 1.37. The first-order valence-electron chi connectivity index (χ1n) is 15.0. The molecule has 4 N–H and O–H groups in total. The molecule has 11 heteroatoms. The lowest BCUT2D eigenvalue weighted by Gasteiger charge is -2.56. The van der Waals surface area contributed by atoms with Crippen LogP contribution in [-0.4, -0.2) is 40.4 Å². The first-order chi connectivity index (χ1) is 21.1. The van der Waals surface area contributed by atoms with Crippen molar-refractivity contribution in [2.75, 3.05) is 5.32 Å². The Balaban J connectivity index is 1.38. The molecule has 6 rings (SSSR count). The monoisotopic (exact) mass is 628 g/mol. The number of carbonyl (C=O) groups excluding carboxylic acids is 3. The van der Waals surface area contributed by atoms with E-state index < -0.39 is 53.2 Å². The normalized spacial score (nSPS) is 29.8. The first-order valence-corrected chi connectivity index (χ1v) is 15.0. The minimum atomic E-state index is -5.92. The Hall–Kier alpha value is -3.86. The molecule has 45 heavy (non-hydrogen) atoms. The molecule has 2 aromatic carbocycles. The number of aliphatic hydroxyl groups is 1. The lowest BCUT2D eigenvalue weighted by atomic mass is 9.50. The fourth-order valence-corrected chi connectivity index (χ4v) is 8.50. The molecule has 2 amide bonds. The van der Waals surface area contributed by atoms with Gasteiger partial charge in [-0.3, -0.25) is 14.4 Å². The van der Waals surface area contributed by atoms with Gasteiger partial charge in [-0.05, 0) is 110 Å². The summed E-state index contributed by atoms with van der Waals surface area (Å²) < 4.78 is 71.7. The van der Waals surface area contributed by atoms with Crippen LogP contribution in [0.25, 0.3) is 0 Å². The minimum absolute atomic E-state index is 0.00434. The predicted octanol–water partition coefficient (Wildman–Crippen LogP) is 6.87. The van der Waals surface area contributed by atoms with Crippen LogP contribution in [0.3, 0.4) is 0 Å². The van der Waals surface area contributed by atoms with Gasteiger partial charge in [0.25, 0.3) is 5.91 Å². The highest BCUT2D eigenvalue weighted by atomic mass is 19.4. The number of fused-ring (bicyclic) bond motifs is 4. The average Bonchev–Trinajstić information content (AvgIpc) is 3.27. The van der Waals surface area contributed by atoms with Gasteiger partial charge in [-0.15, -0.1) is 0 Å². The van der Waals surface area contributed by atoms with Gasteiger partial charge in [-0.2, -0.15) is 22.0 Å². The Labute approximate surface area is 256 Å². The number of benzene rings is 2. The Bertz CT molecular complexity index is 1630. The van der Waals surface area contributed by atoms with Gasteiger partial charge in [0.2, 0.25) is 5.91 Å². The summed E-state index contributed by atoms with van der Waals surface area (Å²) in [6, 6.07) is 12.5. The number of rotatable bonds is 5. The summed E-state index contributed by atoms with van der Waals surface area (Å²) in [7, 11) is 0. The van der Waals surface area contributed by atoms with Crippen LogP contribution in [0.1, 0.15) is 84.1 Å². The van der Waals surface area contributed by atoms with Gasteiger partial charge in [0.15, 0.2) is 5.78 Å². The standard InChI is InChI=1S/C34H33F5N2O4/c1-31-17-26(18-2-4-20(5-3-18)30(44)41-22-9-6-19(7-10-22)29(40)43)28-24-13-11-23(42)16-21(24)8-12-25(28)27(31)14-15-32(31,45)33(35,36)34(37,38)39/h2-7,9-10,16,25-27,45H,8,11-15,17H2,1H3,(H2,40,43)(H,41,44)/t25-,26+,27-,31-,32-/m0/s1. The van der Waals surface area contributed by atoms with E-state index in [4.69, 9.17) is 5.73 Å². The SMILES string of the molecule is C[C@]12C[C@H](c3ccc(C(=O)Nc4ccc(C(N)=O)cc4)cc3)C3=C4CCC(=O)C=C4CC[C@H]3[C@@H]1CC[C@@]2(O)C(F)(F)C(F)(F)F. The number of hydrogen-bond donors (Lipinski definition) is 3. The molecule has 2 aromatic rings. The van der Waals surface area contributed by atoms with Gasteiger partial charge >= 0.3 is 12.1 Å². The van der Waals surface area contributed by atoms with Crippen molar-refractivity contribution >= 4 is 23.3 Å². The van der Waals surface area contributed by atoms with E-state index in [9.17, 15) is 32.7 Å². The number of primary amides is 1. The number of allylic oxidation sites excluding steroid dienone is 4. The quantitative estimate of drug-likeness (QED) is 0.314. The lowest BCUT2D eigenvalue weighted by Crippen LogP contribution is -2.65. The molecule has 0 aromatic heterocycles. The van der Waals surface area contributed by atoms with Crippen LogP contribution in [0.4, 0.5) is 27.6 Å². The molecule has 4 aliphatic rings. The molecule has 238 valence electrons. The van der Waals surface area contributed by atoms with E-state index in [1.807, 2.05) is 0 Å². The molecule has 0 unspecified atom stereocenters. The number of ketones is 1. The van der Waals surface area contributed by atoms with Crippen LogP contribution in [0.5, 0.6) is 0 Å². The van der Waals surface area contributed by atoms with Crippen LogP contribution in [0.2, 0.25) is 0 Å². The number of nitrogens with one attached hydrogen (secondary N) is 1. The molecule has 6 nitrogen and oxygen atoms in total. The third-order valence-corrected chi connectivity index (χ3v) is 10.8. The van der Waals surface area contributed by atoms with E-state index in [0.717, 1.165) is 16.7 Å². The fourth-order valence-electron chi connectivity index (χ4n) is 8.50. The fraction of sp³-hybridized carbons (Fsp3) is 0.441. The summed E-state index contributed by atoms with van der Waals surface area (Å²) >= 11 is 0. The molecule has 0 spiro atoms. The summed E-state index contributed by atoms with van der Waals surface area (Å²) in [4.78, 5) is 36.6. The van der Waals surface area contributed by atoms with Gasteiger partial charge in [-0.25, -0.2) is 0 Å². The topological polar surface area (TPSA) is 109 Å². The number of halogens is 5. The molecule has 4 aliphatic carbocycles. The van der Waals surface area contributed by atoms with Gasteiger partial charge in [0.05, 0.1) is 0 Å². The molecule has 0 aliphatic heterocycles. The van der Waals surface area contributed by atoms with E-state index >= 15 is 8.78 Å². The van der Waals surface area contributed by atoms with E-state index in [-0.39, 0.29) is 35.7 Å². The van der Waals surface area contributed by atoms with E-state index in [0.29, 0.717) is 36.9 Å². The molecule has 0 heterocycles. The van der Waals surface area contributed by atoms with Crippen molar-refractivity contribution < 1.29 is 41.4 Å². The van der Waals surface area contributed by atoms with Crippen molar-refractivity contribution in [3.05, 3.63) is 88.0 Å². The largest absolute Gasteiger partial charge is 0.456 e. The molecule has 2 fully saturated rings. The first kappa shape index (κ1) is 31.1. The van der Waals surface area contributed by atoms with Gasteiger partial charge in [0.1, 0.15) is 5.60 Å². The summed E-state index contributed by atoms with van der Waals surface area (Å²) in [5.41, 5.74) is 4.63. The number of carbonyl (C=O) groups is 3. The van der Waals surface area contributed by atoms with Crippen LogP contribution < -0.4 is 11.1 Å². The maximum atomic E-state index is 15.2. The second-order valence-electron chi connectivity index (χ2n) is 13.0. The van der Waals surface area contributed by atoms with Gasteiger partial charge < -0.3 is 16.2 Å². The highest BCUT2D eigenvalue weighted by molar-refractivity contribution is 6.04. The smallest absolute Gasteiger partial charge is 0.383 e. The van der Waals surface area contributed by atoms with Crippen molar-refractivity contribution in [1.82, 2.24) is 0 Å². The Morgan fingerprint density at radius 1 is 0.933 bits per heavy atom. The number of anilines is 1. The second-order valence-corrected chi connectivity index (χ2v) is 13.0. The maximum Gasteiger partial charge on any atom is 0.456 e. The molecule has 0 saturated heterocycles. The minimum Gasteiger partial charge on any atom is -0.383 e. The Morgan fingerprint density at radius 3 is 2.20 bits per heavy atom. The zero-order chi connectivity index (χ0) is 32.5. The van der Waals surface area contributed by atoms with E-state index in [1.165, 1.54) is 31.2 Å². The molecule has 2 saturated carbocycles. The zero-order valence-electron chi connectivity index (χ0n) is 24.5. The van der Waals surface area contributed by atoms with Crippen LogP contribution >= 0.6 is 0 Å². The zero-order valence-corrected chi connectivity index (χ0v) is 24.5. The van der Waals surface area contributed by atoms with Crippen LogP contribution in [-0.2, 0) is 4.79 Å². The van der Waals surface area contributed by atoms with Crippen LogP contribution in [0, 0.1) is 17.3 Å². The highest BCUT2D eigenvalue weighted by Gasteiger charge is 2.79. The third kappa shape index (κ3) is 4.81. The number of hydrogen-bond acceptors (Lipinski definition) is 4. The second kappa shape index (κ2) is 10.6. The maximum absolute atomic E-state index is 15.2. The van der Waals surface area contributed by atoms with E-state index in [1.54, 1.807) is 30.3 Å². The van der Waals surface area contributed by atoms with Crippen LogP contribution in [0.15, 0.2) is 71.3 Å². The highest BCUT2D eigenvalue weighted by Crippen LogP contribution is 2.70. The predicted molar refractivity (Wildman–Crippen MR) is 156 cm³/mol. The van der Waals surface area contributed by atoms with Gasteiger partial charge in [0, 0.05) is 34.6 Å². The van der Waals surface area contributed by atoms with Gasteiger partial charge in [-0.1, -0.05) is 24.6 Å². The number of alkyl halides is 5. The van der Waals surface area contributed by atoms with Crippen molar-refractivity contribution in [1.29, 1.82) is 0 Å². The summed E-state index contributed by atoms with van der Waals surface area (Å²) in [5, 5.41) is 14.1. The lowest BCUT2D eigenvalue weighted by molar-refractivity contribution is -0.362.